The van der Waals surface area contributed by atoms with E-state index in [1.54, 1.807) is 0 Å². The molecule has 0 saturated heterocycles. The van der Waals surface area contributed by atoms with E-state index in [-0.39, 0.29) is 23.7 Å². The molecule has 1 rings (SSSR count). The lowest BCUT2D eigenvalue weighted by Crippen LogP contribution is -2.23. The molecule has 108 valence electrons. The van der Waals surface area contributed by atoms with Crippen molar-refractivity contribution in [2.45, 2.75) is 12.2 Å². The third-order valence-corrected chi connectivity index (χ3v) is 2.31. The summed E-state index contributed by atoms with van der Waals surface area (Å²) in [6, 6.07) is 1.60. The molecule has 0 aliphatic carbocycles. The van der Waals surface area contributed by atoms with Crippen LogP contribution in [0.3, 0.4) is 0 Å². The van der Waals surface area contributed by atoms with Crippen LogP contribution in [0.25, 0.3) is 0 Å². The van der Waals surface area contributed by atoms with Crippen LogP contribution in [0.1, 0.15) is 17.2 Å². The van der Waals surface area contributed by atoms with Crippen molar-refractivity contribution in [2.75, 3.05) is 14.2 Å². The number of carbonyl (C=O) groups excluding carboxylic acids is 1. The molecule has 0 aliphatic rings. The molecule has 0 saturated carbocycles. The zero-order valence-corrected chi connectivity index (χ0v) is 11.0. The van der Waals surface area contributed by atoms with E-state index < -0.39 is 23.8 Å². The monoisotopic (exact) mass is 299 g/mol. The Hall–Kier alpha value is -1.47. The van der Waals surface area contributed by atoms with Crippen LogP contribution in [-0.4, -0.2) is 20.2 Å². The maximum atomic E-state index is 12.6. The topological polar surface area (TPSA) is 61.5 Å². The number of hydrogen-bond acceptors (Lipinski definition) is 4. The highest BCUT2D eigenvalue weighted by atomic mass is 35.5. The van der Waals surface area contributed by atoms with Crippen LogP contribution in [-0.2, 0) is 15.7 Å². The fraction of sp³-hybridized carbons (Fsp3) is 0.364. The number of nitrogens with two attached hydrogens (primary N) is 1. The molecule has 0 amide bonds. The normalized spacial score (nSPS) is 12.3. The molecular weight excluding hydrogens is 287 g/mol. The van der Waals surface area contributed by atoms with Gasteiger partial charge in [0.2, 0.25) is 0 Å². The van der Waals surface area contributed by atoms with Gasteiger partial charge in [-0.2, -0.15) is 13.2 Å². The molecule has 0 heterocycles. The summed E-state index contributed by atoms with van der Waals surface area (Å²) < 4.78 is 47.0. The van der Waals surface area contributed by atoms with Gasteiger partial charge in [0.25, 0.3) is 0 Å². The van der Waals surface area contributed by atoms with Gasteiger partial charge in [0, 0.05) is 0 Å². The molecule has 0 bridgehead atoms. The van der Waals surface area contributed by atoms with Gasteiger partial charge in [-0.15, -0.1) is 12.4 Å². The third-order valence-electron chi connectivity index (χ3n) is 2.31. The highest BCUT2D eigenvalue weighted by Gasteiger charge is 2.32. The predicted molar refractivity (Wildman–Crippen MR) is 64.2 cm³/mol. The number of methoxy groups -OCH3 is 2. The fourth-order valence-corrected chi connectivity index (χ4v) is 1.35. The van der Waals surface area contributed by atoms with Crippen molar-refractivity contribution in [3.05, 3.63) is 29.3 Å². The van der Waals surface area contributed by atoms with Crippen LogP contribution in [0.2, 0.25) is 0 Å². The van der Waals surface area contributed by atoms with E-state index in [0.29, 0.717) is 0 Å². The van der Waals surface area contributed by atoms with Crippen LogP contribution < -0.4 is 10.5 Å². The number of esters is 1. The summed E-state index contributed by atoms with van der Waals surface area (Å²) in [5, 5.41) is 0. The Balaban J connectivity index is 0.00000324. The smallest absolute Gasteiger partial charge is 0.416 e. The van der Waals surface area contributed by atoms with Gasteiger partial charge in [-0.05, 0) is 23.8 Å². The Labute approximate surface area is 114 Å². The molecule has 0 fully saturated rings. The number of carbonyl (C=O) groups is 1. The average molecular weight is 300 g/mol. The highest BCUT2D eigenvalue weighted by Crippen LogP contribution is 2.33. The largest absolute Gasteiger partial charge is 0.497 e. The van der Waals surface area contributed by atoms with E-state index in [1.807, 2.05) is 0 Å². The van der Waals surface area contributed by atoms with Crippen LogP contribution in [0.5, 0.6) is 5.75 Å². The highest BCUT2D eigenvalue weighted by molar-refractivity contribution is 5.85. The molecule has 0 unspecified atom stereocenters. The summed E-state index contributed by atoms with van der Waals surface area (Å²) >= 11 is 0. The second kappa shape index (κ2) is 6.63. The van der Waals surface area contributed by atoms with Crippen molar-refractivity contribution in [2.24, 2.45) is 5.73 Å². The second-order valence-corrected chi connectivity index (χ2v) is 3.49. The summed E-state index contributed by atoms with van der Waals surface area (Å²) in [6.07, 6.45) is -4.54. The third kappa shape index (κ3) is 4.29. The van der Waals surface area contributed by atoms with Gasteiger partial charge in [0.05, 0.1) is 19.8 Å². The summed E-state index contributed by atoms with van der Waals surface area (Å²) in [5.74, 6) is -0.851. The summed E-state index contributed by atoms with van der Waals surface area (Å²) in [4.78, 5) is 11.2. The zero-order valence-electron chi connectivity index (χ0n) is 10.2. The lowest BCUT2D eigenvalue weighted by Gasteiger charge is -2.14. The molecule has 1 atom stereocenters. The SMILES string of the molecule is COC(=O)[C@@H](N)c1cc(OC)cc(C(F)(F)F)c1.Cl. The van der Waals surface area contributed by atoms with E-state index in [9.17, 15) is 18.0 Å². The Kier molecular flexibility index (Phi) is 6.11. The number of benzene rings is 1. The van der Waals surface area contributed by atoms with E-state index in [4.69, 9.17) is 10.5 Å². The lowest BCUT2D eigenvalue weighted by molar-refractivity contribution is -0.143. The van der Waals surface area contributed by atoms with E-state index in [0.717, 1.165) is 19.2 Å². The number of halogens is 4. The van der Waals surface area contributed by atoms with Gasteiger partial charge >= 0.3 is 12.1 Å². The first kappa shape index (κ1) is 17.5. The first-order valence-corrected chi connectivity index (χ1v) is 4.89. The molecule has 1 aromatic carbocycles. The molecule has 1 aromatic rings. The van der Waals surface area contributed by atoms with Gasteiger partial charge in [-0.25, -0.2) is 0 Å². The number of rotatable bonds is 3. The molecule has 0 aromatic heterocycles. The van der Waals surface area contributed by atoms with Crippen molar-refractivity contribution in [1.82, 2.24) is 0 Å². The van der Waals surface area contributed by atoms with Crippen LogP contribution in [0.4, 0.5) is 13.2 Å². The van der Waals surface area contributed by atoms with E-state index in [2.05, 4.69) is 4.74 Å². The van der Waals surface area contributed by atoms with Gasteiger partial charge in [-0.3, -0.25) is 4.79 Å². The minimum Gasteiger partial charge on any atom is -0.497 e. The molecule has 2 N–H and O–H groups in total. The quantitative estimate of drug-likeness (QED) is 0.870. The van der Waals surface area contributed by atoms with Crippen molar-refractivity contribution < 1.29 is 27.4 Å². The van der Waals surface area contributed by atoms with Crippen molar-refractivity contribution in [1.29, 1.82) is 0 Å². The van der Waals surface area contributed by atoms with Gasteiger partial charge in [-0.1, -0.05) is 0 Å². The summed E-state index contributed by atoms with van der Waals surface area (Å²) in [7, 11) is 2.33. The van der Waals surface area contributed by atoms with Crippen molar-refractivity contribution in [3.8, 4) is 5.75 Å². The van der Waals surface area contributed by atoms with E-state index >= 15 is 0 Å². The first-order chi connectivity index (χ1) is 8.29. The Morgan fingerprint density at radius 1 is 1.26 bits per heavy atom. The summed E-state index contributed by atoms with van der Waals surface area (Å²) in [5.41, 5.74) is 4.53. The Morgan fingerprint density at radius 2 is 1.84 bits per heavy atom. The standard InChI is InChI=1S/C11H12F3NO3.ClH/c1-17-8-4-6(9(15)10(16)18-2)3-7(5-8)11(12,13)14;/h3-5,9H,15H2,1-2H3;1H/t9-;/m0./s1. The molecule has 4 nitrogen and oxygen atoms in total. The summed E-state index contributed by atoms with van der Waals surface area (Å²) in [6.45, 7) is 0. The average Bonchev–Trinajstić information content (AvgIpc) is 2.35. The second-order valence-electron chi connectivity index (χ2n) is 3.49. The predicted octanol–water partition coefficient (Wildman–Crippen LogP) is 2.31. The van der Waals surface area contributed by atoms with Crippen molar-refractivity contribution >= 4 is 18.4 Å². The van der Waals surface area contributed by atoms with Gasteiger partial charge in [0.15, 0.2) is 0 Å². The maximum absolute atomic E-state index is 12.6. The zero-order chi connectivity index (χ0) is 13.9. The number of hydrogen-bond donors (Lipinski definition) is 1. The molecule has 0 spiro atoms. The molecule has 0 aliphatic heterocycles. The van der Waals surface area contributed by atoms with Gasteiger partial charge in [0.1, 0.15) is 11.8 Å². The molecular formula is C11H13ClF3NO3. The van der Waals surface area contributed by atoms with Crippen LogP contribution >= 0.6 is 12.4 Å². The lowest BCUT2D eigenvalue weighted by atomic mass is 10.0. The fourth-order valence-electron chi connectivity index (χ4n) is 1.35. The maximum Gasteiger partial charge on any atom is 0.416 e. The first-order valence-electron chi connectivity index (χ1n) is 4.89. The Morgan fingerprint density at radius 3 is 2.26 bits per heavy atom. The molecule has 0 radical (unpaired) electrons. The minimum absolute atomic E-state index is 0. The molecule has 8 heteroatoms. The van der Waals surface area contributed by atoms with Gasteiger partial charge < -0.3 is 15.2 Å². The Bertz CT molecular complexity index is 451. The number of ether oxygens (including phenoxy) is 2. The van der Waals surface area contributed by atoms with E-state index in [1.165, 1.54) is 13.2 Å². The van der Waals surface area contributed by atoms with Crippen LogP contribution in [0.15, 0.2) is 18.2 Å². The van der Waals surface area contributed by atoms with Crippen LogP contribution in [0, 0.1) is 0 Å². The van der Waals surface area contributed by atoms with Crippen molar-refractivity contribution in [3.63, 3.8) is 0 Å². The number of alkyl halides is 3. The minimum atomic E-state index is -4.54. The molecule has 19 heavy (non-hydrogen) atoms.